The van der Waals surface area contributed by atoms with E-state index >= 15 is 0 Å². The number of carbonyl (C=O) groups excluding carboxylic acids is 1. The first-order valence-electron chi connectivity index (χ1n) is 6.54. The van der Waals surface area contributed by atoms with Gasteiger partial charge in [0.15, 0.2) is 0 Å². The maximum atomic E-state index is 12.2. The standard InChI is InChI=1S/C14H17ClN2O3/c1-8-6-9(4-5-16-8)13(18)17-12-7-10(14(19)20)2-3-11(12)15/h2-3,7-9,16H,4-6H2,1H3,(H,17,18)(H,19,20). The topological polar surface area (TPSA) is 78.4 Å². The Balaban J connectivity index is 2.10. The first-order chi connectivity index (χ1) is 9.47. The van der Waals surface area contributed by atoms with Gasteiger partial charge in [-0.25, -0.2) is 4.79 Å². The van der Waals surface area contributed by atoms with Crippen LogP contribution >= 0.6 is 11.6 Å². The van der Waals surface area contributed by atoms with Crippen molar-refractivity contribution in [1.82, 2.24) is 5.32 Å². The lowest BCUT2D eigenvalue weighted by atomic mass is 9.92. The van der Waals surface area contributed by atoms with Crippen molar-refractivity contribution in [3.05, 3.63) is 28.8 Å². The molecular weight excluding hydrogens is 280 g/mol. The van der Waals surface area contributed by atoms with Crippen molar-refractivity contribution in [2.24, 2.45) is 5.92 Å². The van der Waals surface area contributed by atoms with E-state index in [1.54, 1.807) is 0 Å². The van der Waals surface area contributed by atoms with Gasteiger partial charge in [-0.1, -0.05) is 11.6 Å². The fourth-order valence-electron chi connectivity index (χ4n) is 2.36. The molecule has 1 saturated heterocycles. The Morgan fingerprint density at radius 2 is 2.20 bits per heavy atom. The van der Waals surface area contributed by atoms with Gasteiger partial charge in [0.1, 0.15) is 0 Å². The summed E-state index contributed by atoms with van der Waals surface area (Å²) in [7, 11) is 0. The van der Waals surface area contributed by atoms with Crippen LogP contribution in [0, 0.1) is 5.92 Å². The Labute approximate surface area is 122 Å². The number of hydrogen-bond acceptors (Lipinski definition) is 3. The van der Waals surface area contributed by atoms with E-state index in [9.17, 15) is 9.59 Å². The van der Waals surface area contributed by atoms with E-state index in [1.807, 2.05) is 6.92 Å². The van der Waals surface area contributed by atoms with Crippen LogP contribution in [-0.4, -0.2) is 29.6 Å². The van der Waals surface area contributed by atoms with Crippen molar-refractivity contribution in [2.75, 3.05) is 11.9 Å². The van der Waals surface area contributed by atoms with Crippen molar-refractivity contribution in [3.63, 3.8) is 0 Å². The van der Waals surface area contributed by atoms with E-state index in [2.05, 4.69) is 10.6 Å². The summed E-state index contributed by atoms with van der Waals surface area (Å²) in [5.74, 6) is -1.23. The van der Waals surface area contributed by atoms with Crippen LogP contribution in [0.1, 0.15) is 30.1 Å². The normalized spacial score (nSPS) is 22.3. The van der Waals surface area contributed by atoms with Crippen molar-refractivity contribution >= 4 is 29.2 Å². The van der Waals surface area contributed by atoms with Crippen molar-refractivity contribution in [2.45, 2.75) is 25.8 Å². The highest BCUT2D eigenvalue weighted by molar-refractivity contribution is 6.33. The Hall–Kier alpha value is -1.59. The summed E-state index contributed by atoms with van der Waals surface area (Å²) >= 11 is 5.99. The van der Waals surface area contributed by atoms with E-state index in [0.717, 1.165) is 19.4 Å². The summed E-state index contributed by atoms with van der Waals surface area (Å²) in [6.45, 7) is 2.85. The van der Waals surface area contributed by atoms with Gasteiger partial charge in [0.05, 0.1) is 16.3 Å². The van der Waals surface area contributed by atoms with Gasteiger partial charge < -0.3 is 15.7 Å². The SMILES string of the molecule is CC1CC(C(=O)Nc2cc(C(=O)O)ccc2Cl)CCN1. The monoisotopic (exact) mass is 296 g/mol. The van der Waals surface area contributed by atoms with E-state index in [1.165, 1.54) is 18.2 Å². The lowest BCUT2D eigenvalue weighted by molar-refractivity contribution is -0.120. The molecule has 2 atom stereocenters. The van der Waals surface area contributed by atoms with Crippen LogP contribution < -0.4 is 10.6 Å². The molecule has 0 saturated carbocycles. The van der Waals surface area contributed by atoms with Crippen molar-refractivity contribution in [1.29, 1.82) is 0 Å². The molecule has 1 aliphatic rings. The Bertz CT molecular complexity index is 533. The number of benzene rings is 1. The highest BCUT2D eigenvalue weighted by Gasteiger charge is 2.25. The summed E-state index contributed by atoms with van der Waals surface area (Å²) < 4.78 is 0. The molecule has 0 bridgehead atoms. The average molecular weight is 297 g/mol. The van der Waals surface area contributed by atoms with Gasteiger partial charge >= 0.3 is 5.97 Å². The molecule has 108 valence electrons. The summed E-state index contributed by atoms with van der Waals surface area (Å²) in [5.41, 5.74) is 0.450. The lowest BCUT2D eigenvalue weighted by Gasteiger charge is -2.27. The van der Waals surface area contributed by atoms with Gasteiger partial charge in [0.2, 0.25) is 5.91 Å². The van der Waals surface area contributed by atoms with Crippen LogP contribution in [0.4, 0.5) is 5.69 Å². The number of amides is 1. The summed E-state index contributed by atoms with van der Waals surface area (Å²) in [6.07, 6.45) is 1.54. The number of piperidine rings is 1. The maximum Gasteiger partial charge on any atom is 0.335 e. The van der Waals surface area contributed by atoms with Gasteiger partial charge in [-0.05, 0) is 44.5 Å². The second-order valence-electron chi connectivity index (χ2n) is 5.07. The Kier molecular flexibility index (Phi) is 4.62. The van der Waals surface area contributed by atoms with Crippen LogP contribution in [0.2, 0.25) is 5.02 Å². The van der Waals surface area contributed by atoms with E-state index in [-0.39, 0.29) is 17.4 Å². The smallest absolute Gasteiger partial charge is 0.335 e. The maximum absolute atomic E-state index is 12.2. The van der Waals surface area contributed by atoms with Gasteiger partial charge in [0, 0.05) is 12.0 Å². The van der Waals surface area contributed by atoms with E-state index in [0.29, 0.717) is 16.8 Å². The molecule has 20 heavy (non-hydrogen) atoms. The van der Waals surface area contributed by atoms with Crippen LogP contribution in [0.25, 0.3) is 0 Å². The number of anilines is 1. The predicted octanol–water partition coefficient (Wildman–Crippen LogP) is 2.36. The molecule has 3 N–H and O–H groups in total. The molecule has 0 aliphatic carbocycles. The highest BCUT2D eigenvalue weighted by Crippen LogP contribution is 2.25. The number of halogens is 1. The third-order valence-electron chi connectivity index (χ3n) is 3.47. The predicted molar refractivity (Wildman–Crippen MR) is 77.2 cm³/mol. The molecule has 1 aliphatic heterocycles. The van der Waals surface area contributed by atoms with Crippen LogP contribution in [0.15, 0.2) is 18.2 Å². The molecule has 1 fully saturated rings. The first kappa shape index (κ1) is 14.8. The number of carbonyl (C=O) groups is 2. The minimum Gasteiger partial charge on any atom is -0.478 e. The molecule has 5 nitrogen and oxygen atoms in total. The van der Waals surface area contributed by atoms with Crippen LogP contribution in [-0.2, 0) is 4.79 Å². The fourth-order valence-corrected chi connectivity index (χ4v) is 2.52. The van der Waals surface area contributed by atoms with Crippen molar-refractivity contribution < 1.29 is 14.7 Å². The molecule has 1 aromatic carbocycles. The minimum absolute atomic E-state index is 0.0733. The van der Waals surface area contributed by atoms with E-state index in [4.69, 9.17) is 16.7 Å². The van der Waals surface area contributed by atoms with Gasteiger partial charge in [-0.2, -0.15) is 0 Å². The molecule has 1 aromatic rings. The number of carboxylic acids is 1. The first-order valence-corrected chi connectivity index (χ1v) is 6.92. The number of nitrogens with one attached hydrogen (secondary N) is 2. The molecule has 6 heteroatoms. The molecule has 0 spiro atoms. The summed E-state index contributed by atoms with van der Waals surface area (Å²) in [6, 6.07) is 4.58. The van der Waals surface area contributed by atoms with Crippen molar-refractivity contribution in [3.8, 4) is 0 Å². The van der Waals surface area contributed by atoms with E-state index < -0.39 is 5.97 Å². The summed E-state index contributed by atoms with van der Waals surface area (Å²) in [5, 5.41) is 15.3. The van der Waals surface area contributed by atoms with Gasteiger partial charge in [-0.3, -0.25) is 4.79 Å². The number of carboxylic acid groups (broad SMARTS) is 1. The second kappa shape index (κ2) is 6.24. The largest absolute Gasteiger partial charge is 0.478 e. The molecule has 0 aromatic heterocycles. The molecule has 1 amide bonds. The number of rotatable bonds is 3. The zero-order valence-corrected chi connectivity index (χ0v) is 11.9. The minimum atomic E-state index is -1.05. The number of hydrogen-bond donors (Lipinski definition) is 3. The Morgan fingerprint density at radius 1 is 1.45 bits per heavy atom. The summed E-state index contributed by atoms with van der Waals surface area (Å²) in [4.78, 5) is 23.1. The molecular formula is C14H17ClN2O3. The zero-order valence-electron chi connectivity index (χ0n) is 11.1. The third-order valence-corrected chi connectivity index (χ3v) is 3.80. The molecule has 0 radical (unpaired) electrons. The third kappa shape index (κ3) is 3.49. The van der Waals surface area contributed by atoms with Gasteiger partial charge in [0.25, 0.3) is 0 Å². The highest BCUT2D eigenvalue weighted by atomic mass is 35.5. The molecule has 2 unspecified atom stereocenters. The van der Waals surface area contributed by atoms with Gasteiger partial charge in [-0.15, -0.1) is 0 Å². The average Bonchev–Trinajstić information content (AvgIpc) is 2.41. The zero-order chi connectivity index (χ0) is 14.7. The second-order valence-corrected chi connectivity index (χ2v) is 5.47. The molecule has 1 heterocycles. The quantitative estimate of drug-likeness (QED) is 0.800. The van der Waals surface area contributed by atoms with Crippen LogP contribution in [0.3, 0.4) is 0 Å². The fraction of sp³-hybridized carbons (Fsp3) is 0.429. The number of aromatic carboxylic acids is 1. The van der Waals surface area contributed by atoms with Crippen LogP contribution in [0.5, 0.6) is 0 Å². The Morgan fingerprint density at radius 3 is 2.85 bits per heavy atom. The lowest BCUT2D eigenvalue weighted by Crippen LogP contribution is -2.40. The molecule has 2 rings (SSSR count).